The molecule has 0 bridgehead atoms. The maximum absolute atomic E-state index is 6.02. The molecule has 0 amide bonds. The van der Waals surface area contributed by atoms with E-state index in [9.17, 15) is 0 Å². The monoisotopic (exact) mass is 296 g/mol. The smallest absolute Gasteiger partial charge is 0.215 e. The Bertz CT molecular complexity index is 582. The van der Waals surface area contributed by atoms with Crippen molar-refractivity contribution in [3.63, 3.8) is 0 Å². The molecule has 2 aromatic heterocycles. The molecule has 0 saturated heterocycles. The lowest BCUT2D eigenvalue weighted by Gasteiger charge is -2.04. The molecule has 2 heterocycles. The fourth-order valence-electron chi connectivity index (χ4n) is 1.72. The van der Waals surface area contributed by atoms with Gasteiger partial charge >= 0.3 is 0 Å². The third kappa shape index (κ3) is 3.03. The Labute approximate surface area is 120 Å². The highest BCUT2D eigenvalue weighted by molar-refractivity contribution is 7.99. The van der Waals surface area contributed by atoms with Crippen LogP contribution in [-0.2, 0) is 6.42 Å². The van der Waals surface area contributed by atoms with Crippen LogP contribution in [0.2, 0.25) is 5.15 Å². The number of hydrogen-bond acceptors (Lipinski definition) is 6. The molecule has 1 saturated carbocycles. The van der Waals surface area contributed by atoms with Crippen LogP contribution in [-0.4, -0.2) is 30.2 Å². The molecule has 1 aliphatic rings. The van der Waals surface area contributed by atoms with Crippen molar-refractivity contribution >= 4 is 23.4 Å². The van der Waals surface area contributed by atoms with E-state index in [1.165, 1.54) is 11.8 Å². The predicted octanol–water partition coefficient (Wildman–Crippen LogP) is 2.56. The van der Waals surface area contributed by atoms with Crippen LogP contribution >= 0.6 is 23.4 Å². The molecule has 0 radical (unpaired) electrons. The zero-order valence-corrected chi connectivity index (χ0v) is 12.0. The standard InChI is InChI=1S/C11H13ClN6S/c1-2-3-9-13-8(12)6-10(14-9)19-11-15-16-17-18(11)7-4-5-7/h6-7H,2-5H2,1H3. The van der Waals surface area contributed by atoms with Gasteiger partial charge in [0.2, 0.25) is 5.16 Å². The second kappa shape index (κ2) is 5.42. The van der Waals surface area contributed by atoms with Gasteiger partial charge in [-0.25, -0.2) is 14.6 Å². The molecule has 3 rings (SSSR count). The fourth-order valence-corrected chi connectivity index (χ4v) is 2.85. The van der Waals surface area contributed by atoms with Crippen molar-refractivity contribution in [2.75, 3.05) is 0 Å². The summed E-state index contributed by atoms with van der Waals surface area (Å²) in [6.07, 6.45) is 4.10. The lowest BCUT2D eigenvalue weighted by atomic mass is 10.3. The van der Waals surface area contributed by atoms with Crippen molar-refractivity contribution in [3.8, 4) is 0 Å². The summed E-state index contributed by atoms with van der Waals surface area (Å²) in [4.78, 5) is 8.68. The molecule has 19 heavy (non-hydrogen) atoms. The van der Waals surface area contributed by atoms with Crippen LogP contribution in [0.4, 0.5) is 0 Å². The van der Waals surface area contributed by atoms with Crippen molar-refractivity contribution < 1.29 is 0 Å². The topological polar surface area (TPSA) is 69.4 Å². The van der Waals surface area contributed by atoms with Crippen molar-refractivity contribution in [1.29, 1.82) is 0 Å². The number of nitrogens with zero attached hydrogens (tertiary/aromatic N) is 6. The Kier molecular flexibility index (Phi) is 3.65. The van der Waals surface area contributed by atoms with Gasteiger partial charge in [0.05, 0.1) is 6.04 Å². The Morgan fingerprint density at radius 3 is 3.00 bits per heavy atom. The second-order valence-corrected chi connectivity index (χ2v) is 5.81. The van der Waals surface area contributed by atoms with Gasteiger partial charge in [0.1, 0.15) is 16.0 Å². The molecule has 100 valence electrons. The van der Waals surface area contributed by atoms with Crippen LogP contribution in [0.15, 0.2) is 16.2 Å². The van der Waals surface area contributed by atoms with Crippen molar-refractivity contribution in [2.24, 2.45) is 0 Å². The van der Waals surface area contributed by atoms with E-state index < -0.39 is 0 Å². The summed E-state index contributed by atoms with van der Waals surface area (Å²) in [5.41, 5.74) is 0. The number of tetrazole rings is 1. The zero-order chi connectivity index (χ0) is 13.2. The average Bonchev–Trinajstić information content (AvgIpc) is 3.10. The van der Waals surface area contributed by atoms with E-state index in [4.69, 9.17) is 11.6 Å². The second-order valence-electron chi connectivity index (χ2n) is 4.43. The summed E-state index contributed by atoms with van der Waals surface area (Å²) >= 11 is 7.45. The summed E-state index contributed by atoms with van der Waals surface area (Å²) in [5.74, 6) is 0.767. The predicted molar refractivity (Wildman–Crippen MR) is 71.2 cm³/mol. The first-order valence-electron chi connectivity index (χ1n) is 6.25. The van der Waals surface area contributed by atoms with E-state index in [0.717, 1.165) is 41.7 Å². The Morgan fingerprint density at radius 1 is 1.42 bits per heavy atom. The number of hydrogen-bond donors (Lipinski definition) is 0. The minimum atomic E-state index is 0.449. The van der Waals surface area contributed by atoms with Gasteiger partial charge in [0.25, 0.3) is 0 Å². The summed E-state index contributed by atoms with van der Waals surface area (Å²) < 4.78 is 1.86. The molecule has 0 aliphatic heterocycles. The highest BCUT2D eigenvalue weighted by atomic mass is 35.5. The van der Waals surface area contributed by atoms with Crippen LogP contribution in [0.1, 0.15) is 38.1 Å². The first kappa shape index (κ1) is 12.8. The lowest BCUT2D eigenvalue weighted by Crippen LogP contribution is -2.00. The molecule has 0 atom stereocenters. The number of aryl methyl sites for hydroxylation is 1. The van der Waals surface area contributed by atoms with E-state index in [1.54, 1.807) is 6.07 Å². The molecule has 6 nitrogen and oxygen atoms in total. The van der Waals surface area contributed by atoms with E-state index in [0.29, 0.717) is 11.2 Å². The van der Waals surface area contributed by atoms with Gasteiger partial charge in [-0.15, -0.1) is 5.10 Å². The van der Waals surface area contributed by atoms with E-state index in [1.807, 2.05) is 4.68 Å². The van der Waals surface area contributed by atoms with Crippen LogP contribution in [0.5, 0.6) is 0 Å². The summed E-state index contributed by atoms with van der Waals surface area (Å²) in [7, 11) is 0. The maximum Gasteiger partial charge on any atom is 0.215 e. The number of halogens is 1. The van der Waals surface area contributed by atoms with Gasteiger partial charge in [-0.05, 0) is 41.5 Å². The molecule has 0 N–H and O–H groups in total. The molecule has 0 spiro atoms. The first-order valence-corrected chi connectivity index (χ1v) is 7.45. The number of rotatable bonds is 5. The third-order valence-electron chi connectivity index (χ3n) is 2.74. The minimum absolute atomic E-state index is 0.449. The first-order chi connectivity index (χ1) is 9.26. The lowest BCUT2D eigenvalue weighted by molar-refractivity contribution is 0.565. The molecule has 8 heteroatoms. The van der Waals surface area contributed by atoms with Gasteiger partial charge in [-0.2, -0.15) is 0 Å². The molecule has 0 aromatic carbocycles. The quantitative estimate of drug-likeness (QED) is 0.790. The van der Waals surface area contributed by atoms with E-state index in [2.05, 4.69) is 32.4 Å². The normalized spacial score (nSPS) is 14.8. The van der Waals surface area contributed by atoms with Crippen LogP contribution in [0.3, 0.4) is 0 Å². The Balaban J connectivity index is 1.83. The maximum atomic E-state index is 6.02. The van der Waals surface area contributed by atoms with Crippen molar-refractivity contribution in [1.82, 2.24) is 30.2 Å². The van der Waals surface area contributed by atoms with Crippen LogP contribution in [0, 0.1) is 0 Å². The number of aromatic nitrogens is 6. The fraction of sp³-hybridized carbons (Fsp3) is 0.545. The molecular formula is C11H13ClN6S. The minimum Gasteiger partial charge on any atom is -0.226 e. The van der Waals surface area contributed by atoms with Gasteiger partial charge in [-0.3, -0.25) is 0 Å². The molecule has 1 fully saturated rings. The highest BCUT2D eigenvalue weighted by Crippen LogP contribution is 2.37. The van der Waals surface area contributed by atoms with Gasteiger partial charge < -0.3 is 0 Å². The summed E-state index contributed by atoms with van der Waals surface area (Å²) in [6, 6.07) is 2.20. The van der Waals surface area contributed by atoms with Crippen LogP contribution < -0.4 is 0 Å². The molecule has 1 aliphatic carbocycles. The summed E-state index contributed by atoms with van der Waals surface area (Å²) in [6.45, 7) is 2.09. The van der Waals surface area contributed by atoms with Crippen LogP contribution in [0.25, 0.3) is 0 Å². The van der Waals surface area contributed by atoms with Crippen molar-refractivity contribution in [2.45, 2.75) is 48.8 Å². The zero-order valence-electron chi connectivity index (χ0n) is 10.5. The SMILES string of the molecule is CCCc1nc(Cl)cc(Sc2nnnn2C2CC2)n1. The Morgan fingerprint density at radius 2 is 2.26 bits per heavy atom. The average molecular weight is 297 g/mol. The van der Waals surface area contributed by atoms with E-state index in [-0.39, 0.29) is 0 Å². The largest absolute Gasteiger partial charge is 0.226 e. The molecular weight excluding hydrogens is 284 g/mol. The van der Waals surface area contributed by atoms with Gasteiger partial charge in [0.15, 0.2) is 0 Å². The summed E-state index contributed by atoms with van der Waals surface area (Å²) in [5, 5.41) is 13.8. The molecule has 0 unspecified atom stereocenters. The third-order valence-corrected chi connectivity index (χ3v) is 3.81. The Hall–Kier alpha value is -1.21. The highest BCUT2D eigenvalue weighted by Gasteiger charge is 2.28. The van der Waals surface area contributed by atoms with Gasteiger partial charge in [-0.1, -0.05) is 18.5 Å². The van der Waals surface area contributed by atoms with Crippen molar-refractivity contribution in [3.05, 3.63) is 17.0 Å². The molecule has 2 aromatic rings. The van der Waals surface area contributed by atoms with E-state index >= 15 is 0 Å². The van der Waals surface area contributed by atoms with Gasteiger partial charge in [0, 0.05) is 12.5 Å².